The Morgan fingerprint density at radius 1 is 0.960 bits per heavy atom. The number of nitrogens with two attached hydrogens (primary N) is 2. The van der Waals surface area contributed by atoms with Gasteiger partial charge in [-0.1, -0.05) is 27.7 Å². The highest BCUT2D eigenvalue weighted by atomic mass is 16.4. The van der Waals surface area contributed by atoms with E-state index in [-0.39, 0.29) is 31.1 Å². The van der Waals surface area contributed by atoms with Crippen LogP contribution < -0.4 is 22.1 Å². The second-order valence-corrected chi connectivity index (χ2v) is 6.86. The second-order valence-electron chi connectivity index (χ2n) is 6.86. The van der Waals surface area contributed by atoms with Crippen molar-refractivity contribution in [1.82, 2.24) is 10.6 Å². The predicted octanol–water partition coefficient (Wildman–Crippen LogP) is -0.664. The summed E-state index contributed by atoms with van der Waals surface area (Å²) < 4.78 is 0. The first-order valence-electron chi connectivity index (χ1n) is 8.33. The van der Waals surface area contributed by atoms with Crippen LogP contribution in [-0.4, -0.2) is 46.9 Å². The van der Waals surface area contributed by atoms with E-state index in [2.05, 4.69) is 10.6 Å². The molecule has 0 rings (SSSR count). The molecule has 3 amide bonds. The van der Waals surface area contributed by atoms with Gasteiger partial charge in [-0.15, -0.1) is 0 Å². The van der Waals surface area contributed by atoms with Gasteiger partial charge in [-0.25, -0.2) is 4.79 Å². The van der Waals surface area contributed by atoms with E-state index in [1.54, 1.807) is 13.8 Å². The summed E-state index contributed by atoms with van der Waals surface area (Å²) in [7, 11) is 0. The molecule has 0 saturated heterocycles. The Kier molecular flexibility index (Phi) is 9.73. The number of aliphatic carboxylic acids is 1. The molecule has 0 bridgehead atoms. The van der Waals surface area contributed by atoms with Gasteiger partial charge in [0.15, 0.2) is 0 Å². The molecule has 0 aromatic heterocycles. The molecule has 0 fully saturated rings. The average Bonchev–Trinajstić information content (AvgIpc) is 2.48. The molecule has 0 saturated carbocycles. The highest BCUT2D eigenvalue weighted by molar-refractivity contribution is 5.92. The number of nitrogens with one attached hydrogen (secondary N) is 2. The highest BCUT2D eigenvalue weighted by Gasteiger charge is 2.29. The largest absolute Gasteiger partial charge is 0.480 e. The molecule has 0 unspecified atom stereocenters. The molecule has 0 aliphatic heterocycles. The van der Waals surface area contributed by atoms with E-state index >= 15 is 0 Å². The molecular weight excluding hydrogens is 328 g/mol. The van der Waals surface area contributed by atoms with Crippen molar-refractivity contribution in [2.45, 2.75) is 65.1 Å². The minimum Gasteiger partial charge on any atom is -0.480 e. The maximum Gasteiger partial charge on any atom is 0.326 e. The summed E-state index contributed by atoms with van der Waals surface area (Å²) in [5, 5.41) is 14.1. The summed E-state index contributed by atoms with van der Waals surface area (Å²) >= 11 is 0. The van der Waals surface area contributed by atoms with Gasteiger partial charge in [-0.05, 0) is 24.7 Å². The van der Waals surface area contributed by atoms with E-state index in [1.807, 2.05) is 13.8 Å². The summed E-state index contributed by atoms with van der Waals surface area (Å²) in [6, 6.07) is -2.99. The Balaban J connectivity index is 5.10. The molecule has 7 N–H and O–H groups in total. The van der Waals surface area contributed by atoms with Gasteiger partial charge in [-0.3, -0.25) is 14.4 Å². The standard InChI is InChI=1S/C16H30N4O5/c1-8(2)7-11(16(24)25)20-14(22)10(5-6-12(17)21)19-15(23)13(18)9(3)4/h8-11,13H,5-7,18H2,1-4H3,(H2,17,21)(H,19,23)(H,20,22)(H,24,25)/t10-,11-,13-/m0/s1. The summed E-state index contributed by atoms with van der Waals surface area (Å²) in [4.78, 5) is 46.8. The summed E-state index contributed by atoms with van der Waals surface area (Å²) in [6.07, 6.45) is 0.0754. The molecule has 0 spiro atoms. The van der Waals surface area contributed by atoms with Crippen molar-refractivity contribution in [3.63, 3.8) is 0 Å². The van der Waals surface area contributed by atoms with Crippen LogP contribution in [-0.2, 0) is 19.2 Å². The molecule has 3 atom stereocenters. The van der Waals surface area contributed by atoms with E-state index < -0.39 is 41.8 Å². The molecule has 144 valence electrons. The van der Waals surface area contributed by atoms with E-state index in [0.29, 0.717) is 0 Å². The average molecular weight is 358 g/mol. The van der Waals surface area contributed by atoms with Gasteiger partial charge in [0.2, 0.25) is 17.7 Å². The van der Waals surface area contributed by atoms with Gasteiger partial charge in [0, 0.05) is 6.42 Å². The summed E-state index contributed by atoms with van der Waals surface area (Å²) in [5.74, 6) is -3.12. The van der Waals surface area contributed by atoms with Crippen LogP contribution >= 0.6 is 0 Å². The maximum absolute atomic E-state index is 12.4. The van der Waals surface area contributed by atoms with Crippen molar-refractivity contribution in [1.29, 1.82) is 0 Å². The first kappa shape index (κ1) is 22.8. The number of carboxylic acids is 1. The quantitative estimate of drug-likeness (QED) is 0.329. The first-order valence-corrected chi connectivity index (χ1v) is 8.33. The summed E-state index contributed by atoms with van der Waals surface area (Å²) in [5.41, 5.74) is 10.8. The van der Waals surface area contributed by atoms with E-state index in [0.717, 1.165) is 0 Å². The fourth-order valence-corrected chi connectivity index (χ4v) is 2.09. The number of carbonyl (C=O) groups is 4. The molecule has 25 heavy (non-hydrogen) atoms. The van der Waals surface area contributed by atoms with E-state index in [1.165, 1.54) is 0 Å². The van der Waals surface area contributed by atoms with Crippen LogP contribution in [0.25, 0.3) is 0 Å². The zero-order valence-corrected chi connectivity index (χ0v) is 15.2. The molecule has 0 aliphatic rings. The van der Waals surface area contributed by atoms with Crippen molar-refractivity contribution >= 4 is 23.7 Å². The molecule has 9 heteroatoms. The molecule has 9 nitrogen and oxygen atoms in total. The SMILES string of the molecule is CC(C)C[C@H](NC(=O)[C@H](CCC(N)=O)NC(=O)[C@@H](N)C(C)C)C(=O)O. The van der Waals surface area contributed by atoms with Crippen molar-refractivity contribution in [3.8, 4) is 0 Å². The van der Waals surface area contributed by atoms with Crippen LogP contribution in [0.1, 0.15) is 47.0 Å². The lowest BCUT2D eigenvalue weighted by molar-refractivity contribution is -0.142. The van der Waals surface area contributed by atoms with Crippen LogP contribution in [0.15, 0.2) is 0 Å². The smallest absolute Gasteiger partial charge is 0.326 e. The zero-order chi connectivity index (χ0) is 19.7. The van der Waals surface area contributed by atoms with Gasteiger partial charge < -0.3 is 27.2 Å². The van der Waals surface area contributed by atoms with Gasteiger partial charge >= 0.3 is 5.97 Å². The third kappa shape index (κ3) is 9.04. The number of carbonyl (C=O) groups excluding carboxylic acids is 3. The van der Waals surface area contributed by atoms with Gasteiger partial charge in [0.05, 0.1) is 6.04 Å². The van der Waals surface area contributed by atoms with Crippen LogP contribution in [0.5, 0.6) is 0 Å². The highest BCUT2D eigenvalue weighted by Crippen LogP contribution is 2.07. The topological polar surface area (TPSA) is 165 Å². The summed E-state index contributed by atoms with van der Waals surface area (Å²) in [6.45, 7) is 7.17. The Bertz CT molecular complexity index is 493. The lowest BCUT2D eigenvalue weighted by Crippen LogP contribution is -2.55. The zero-order valence-electron chi connectivity index (χ0n) is 15.2. The van der Waals surface area contributed by atoms with Crippen LogP contribution in [0.4, 0.5) is 0 Å². The molecule has 0 heterocycles. The molecule has 0 aliphatic carbocycles. The lowest BCUT2D eigenvalue weighted by atomic mass is 10.0. The molecule has 0 aromatic rings. The first-order chi connectivity index (χ1) is 11.5. The number of primary amides is 1. The maximum atomic E-state index is 12.4. The van der Waals surface area contributed by atoms with Gasteiger partial charge in [-0.2, -0.15) is 0 Å². The third-order valence-electron chi connectivity index (χ3n) is 3.66. The van der Waals surface area contributed by atoms with Crippen LogP contribution in [0, 0.1) is 11.8 Å². The van der Waals surface area contributed by atoms with Crippen LogP contribution in [0.3, 0.4) is 0 Å². The van der Waals surface area contributed by atoms with E-state index in [4.69, 9.17) is 11.5 Å². The fourth-order valence-electron chi connectivity index (χ4n) is 2.09. The number of hydrogen-bond donors (Lipinski definition) is 5. The monoisotopic (exact) mass is 358 g/mol. The van der Waals surface area contributed by atoms with Crippen molar-refractivity contribution in [3.05, 3.63) is 0 Å². The van der Waals surface area contributed by atoms with Gasteiger partial charge in [0.25, 0.3) is 0 Å². The Morgan fingerprint density at radius 3 is 1.88 bits per heavy atom. The second kappa shape index (κ2) is 10.7. The number of rotatable bonds is 11. The fraction of sp³-hybridized carbons (Fsp3) is 0.750. The minimum absolute atomic E-state index is 0.0360. The van der Waals surface area contributed by atoms with Gasteiger partial charge in [0.1, 0.15) is 12.1 Å². The molecule has 0 aromatic carbocycles. The Morgan fingerprint density at radius 2 is 1.48 bits per heavy atom. The Labute approximate surface area is 147 Å². The Hall–Kier alpha value is -2.16. The van der Waals surface area contributed by atoms with E-state index in [9.17, 15) is 24.3 Å². The number of amides is 3. The van der Waals surface area contributed by atoms with Crippen LogP contribution in [0.2, 0.25) is 0 Å². The third-order valence-corrected chi connectivity index (χ3v) is 3.66. The molecule has 0 radical (unpaired) electrons. The number of hydrogen-bond acceptors (Lipinski definition) is 5. The molecular formula is C16H30N4O5. The normalized spacial score (nSPS) is 14.7. The minimum atomic E-state index is -1.17. The predicted molar refractivity (Wildman–Crippen MR) is 92.2 cm³/mol. The van der Waals surface area contributed by atoms with Crippen molar-refractivity contribution < 1.29 is 24.3 Å². The van der Waals surface area contributed by atoms with Crippen molar-refractivity contribution in [2.24, 2.45) is 23.3 Å². The number of carboxylic acid groups (broad SMARTS) is 1. The van der Waals surface area contributed by atoms with Crippen molar-refractivity contribution in [2.75, 3.05) is 0 Å². The lowest BCUT2D eigenvalue weighted by Gasteiger charge is -2.24.